The molecule has 0 saturated carbocycles. The van der Waals surface area contributed by atoms with E-state index < -0.39 is 0 Å². The summed E-state index contributed by atoms with van der Waals surface area (Å²) in [5, 5.41) is 7.08. The highest BCUT2D eigenvalue weighted by Crippen LogP contribution is 2.14. The first kappa shape index (κ1) is 17.4. The van der Waals surface area contributed by atoms with Crippen molar-refractivity contribution in [3.63, 3.8) is 0 Å². The molecule has 3 rings (SSSR count). The second-order valence-corrected chi connectivity index (χ2v) is 5.79. The molecular formula is C20H19N3O3. The third-order valence-electron chi connectivity index (χ3n) is 3.88. The van der Waals surface area contributed by atoms with Crippen LogP contribution in [0.5, 0.6) is 0 Å². The summed E-state index contributed by atoms with van der Waals surface area (Å²) in [7, 11) is 1.35. The van der Waals surface area contributed by atoms with Crippen molar-refractivity contribution < 1.29 is 14.3 Å². The van der Waals surface area contributed by atoms with Gasteiger partial charge in [-0.1, -0.05) is 48.5 Å². The summed E-state index contributed by atoms with van der Waals surface area (Å²) in [6.45, 7) is 0.403. The van der Waals surface area contributed by atoms with Crippen LogP contribution in [0, 0.1) is 0 Å². The normalized spacial score (nSPS) is 10.3. The molecule has 0 radical (unpaired) electrons. The molecule has 0 aliphatic rings. The SMILES string of the molecule is COC(=O)c1ccccc1Cn1cc(NC(=O)Cc2ccccc2)cn1. The summed E-state index contributed by atoms with van der Waals surface area (Å²) in [5.41, 5.74) is 2.86. The fraction of sp³-hybridized carbons (Fsp3) is 0.150. The molecule has 0 unspecified atom stereocenters. The number of hydrogen-bond acceptors (Lipinski definition) is 4. The number of nitrogens with zero attached hydrogens (tertiary/aromatic N) is 2. The van der Waals surface area contributed by atoms with Crippen LogP contribution in [0.3, 0.4) is 0 Å². The first-order valence-electron chi connectivity index (χ1n) is 8.18. The van der Waals surface area contributed by atoms with Gasteiger partial charge in [0.1, 0.15) is 0 Å². The fourth-order valence-electron chi connectivity index (χ4n) is 2.64. The Balaban J connectivity index is 1.65. The van der Waals surface area contributed by atoms with E-state index in [-0.39, 0.29) is 11.9 Å². The van der Waals surface area contributed by atoms with Gasteiger partial charge in [-0.3, -0.25) is 9.48 Å². The van der Waals surface area contributed by atoms with E-state index >= 15 is 0 Å². The lowest BCUT2D eigenvalue weighted by Gasteiger charge is -2.07. The van der Waals surface area contributed by atoms with E-state index in [1.54, 1.807) is 29.2 Å². The van der Waals surface area contributed by atoms with Gasteiger partial charge in [0.05, 0.1) is 37.5 Å². The number of methoxy groups -OCH3 is 1. The zero-order chi connectivity index (χ0) is 18.4. The molecule has 1 aromatic heterocycles. The zero-order valence-corrected chi connectivity index (χ0v) is 14.4. The summed E-state index contributed by atoms with van der Waals surface area (Å²) in [4.78, 5) is 24.0. The number of esters is 1. The molecule has 0 saturated heterocycles. The molecule has 0 bridgehead atoms. The number of carbonyl (C=O) groups excluding carboxylic acids is 2. The standard InChI is InChI=1S/C20H19N3O3/c1-26-20(25)18-10-6-5-9-16(18)13-23-14-17(12-21-23)22-19(24)11-15-7-3-2-4-8-15/h2-10,12,14H,11,13H2,1H3,(H,22,24). The van der Waals surface area contributed by atoms with Gasteiger partial charge in [-0.15, -0.1) is 0 Å². The zero-order valence-electron chi connectivity index (χ0n) is 14.4. The van der Waals surface area contributed by atoms with Gasteiger partial charge in [0.2, 0.25) is 5.91 Å². The van der Waals surface area contributed by atoms with Crippen molar-refractivity contribution >= 4 is 17.6 Å². The average Bonchev–Trinajstić information content (AvgIpc) is 3.09. The van der Waals surface area contributed by atoms with E-state index in [0.29, 0.717) is 24.2 Å². The first-order chi connectivity index (χ1) is 12.7. The molecule has 6 nitrogen and oxygen atoms in total. The first-order valence-corrected chi connectivity index (χ1v) is 8.18. The Labute approximate surface area is 151 Å². The molecule has 0 fully saturated rings. The van der Waals surface area contributed by atoms with E-state index in [4.69, 9.17) is 4.74 Å². The van der Waals surface area contributed by atoms with E-state index in [2.05, 4.69) is 10.4 Å². The Morgan fingerprint density at radius 1 is 1.08 bits per heavy atom. The van der Waals surface area contributed by atoms with Crippen LogP contribution in [0.25, 0.3) is 0 Å². The predicted molar refractivity (Wildman–Crippen MR) is 97.9 cm³/mol. The maximum atomic E-state index is 12.1. The maximum Gasteiger partial charge on any atom is 0.338 e. The molecular weight excluding hydrogens is 330 g/mol. The highest BCUT2D eigenvalue weighted by Gasteiger charge is 2.12. The van der Waals surface area contributed by atoms with Crippen molar-refractivity contribution in [2.24, 2.45) is 0 Å². The molecule has 1 N–H and O–H groups in total. The number of ether oxygens (including phenoxy) is 1. The average molecular weight is 349 g/mol. The van der Waals surface area contributed by atoms with Crippen LogP contribution in [0.1, 0.15) is 21.5 Å². The van der Waals surface area contributed by atoms with Crippen molar-refractivity contribution in [3.05, 3.63) is 83.7 Å². The van der Waals surface area contributed by atoms with Crippen LogP contribution >= 0.6 is 0 Å². The van der Waals surface area contributed by atoms with Crippen LogP contribution in [0.15, 0.2) is 67.0 Å². The van der Waals surface area contributed by atoms with Crippen molar-refractivity contribution in [2.75, 3.05) is 12.4 Å². The number of carbonyl (C=O) groups is 2. The maximum absolute atomic E-state index is 12.1. The monoisotopic (exact) mass is 349 g/mol. The van der Waals surface area contributed by atoms with E-state index in [1.165, 1.54) is 7.11 Å². The molecule has 132 valence electrons. The number of amides is 1. The molecule has 2 aromatic carbocycles. The largest absolute Gasteiger partial charge is 0.465 e. The Hall–Kier alpha value is -3.41. The van der Waals surface area contributed by atoms with E-state index in [0.717, 1.165) is 11.1 Å². The van der Waals surface area contributed by atoms with Crippen LogP contribution in [0.2, 0.25) is 0 Å². The Kier molecular flexibility index (Phi) is 5.43. The van der Waals surface area contributed by atoms with Gasteiger partial charge in [-0.05, 0) is 17.2 Å². The van der Waals surface area contributed by atoms with Crippen LogP contribution in [-0.2, 0) is 22.5 Å². The topological polar surface area (TPSA) is 73.2 Å². The predicted octanol–water partition coefficient (Wildman–Crippen LogP) is 2.90. The smallest absolute Gasteiger partial charge is 0.338 e. The van der Waals surface area contributed by atoms with E-state index in [9.17, 15) is 9.59 Å². The number of rotatable bonds is 6. The van der Waals surface area contributed by atoms with Gasteiger partial charge in [-0.2, -0.15) is 5.10 Å². The second kappa shape index (κ2) is 8.11. The van der Waals surface area contributed by atoms with Gasteiger partial charge < -0.3 is 10.1 Å². The van der Waals surface area contributed by atoms with Crippen molar-refractivity contribution in [2.45, 2.75) is 13.0 Å². The lowest BCUT2D eigenvalue weighted by atomic mass is 10.1. The van der Waals surface area contributed by atoms with Crippen LogP contribution < -0.4 is 5.32 Å². The molecule has 0 aliphatic heterocycles. The minimum atomic E-state index is -0.385. The minimum Gasteiger partial charge on any atom is -0.465 e. The second-order valence-electron chi connectivity index (χ2n) is 5.79. The number of benzene rings is 2. The summed E-state index contributed by atoms with van der Waals surface area (Å²) >= 11 is 0. The highest BCUT2D eigenvalue weighted by atomic mass is 16.5. The molecule has 0 aliphatic carbocycles. The van der Waals surface area contributed by atoms with E-state index in [1.807, 2.05) is 42.5 Å². The molecule has 26 heavy (non-hydrogen) atoms. The summed E-state index contributed by atoms with van der Waals surface area (Å²) in [6.07, 6.45) is 3.62. The number of nitrogens with one attached hydrogen (secondary N) is 1. The summed E-state index contributed by atoms with van der Waals surface area (Å²) in [6, 6.07) is 16.7. The van der Waals surface area contributed by atoms with Crippen molar-refractivity contribution in [1.82, 2.24) is 9.78 Å². The van der Waals surface area contributed by atoms with Crippen molar-refractivity contribution in [1.29, 1.82) is 0 Å². The lowest BCUT2D eigenvalue weighted by Crippen LogP contribution is -2.14. The summed E-state index contributed by atoms with van der Waals surface area (Å²) in [5.74, 6) is -0.491. The third-order valence-corrected chi connectivity index (χ3v) is 3.88. The quantitative estimate of drug-likeness (QED) is 0.695. The number of hydrogen-bond donors (Lipinski definition) is 1. The third kappa shape index (κ3) is 4.36. The molecule has 6 heteroatoms. The van der Waals surface area contributed by atoms with Crippen molar-refractivity contribution in [3.8, 4) is 0 Å². The molecule has 0 atom stereocenters. The Morgan fingerprint density at radius 3 is 2.58 bits per heavy atom. The van der Waals surface area contributed by atoms with Gasteiger partial charge in [0.25, 0.3) is 0 Å². The summed E-state index contributed by atoms with van der Waals surface area (Å²) < 4.78 is 6.47. The Bertz CT molecular complexity index is 903. The molecule has 0 spiro atoms. The highest BCUT2D eigenvalue weighted by molar-refractivity contribution is 5.92. The lowest BCUT2D eigenvalue weighted by molar-refractivity contribution is -0.115. The molecule has 1 amide bonds. The fourth-order valence-corrected chi connectivity index (χ4v) is 2.64. The Morgan fingerprint density at radius 2 is 1.81 bits per heavy atom. The molecule has 1 heterocycles. The number of anilines is 1. The number of aromatic nitrogens is 2. The molecule has 3 aromatic rings. The van der Waals surface area contributed by atoms with Gasteiger partial charge >= 0.3 is 5.97 Å². The van der Waals surface area contributed by atoms with Crippen LogP contribution in [0.4, 0.5) is 5.69 Å². The van der Waals surface area contributed by atoms with Crippen LogP contribution in [-0.4, -0.2) is 28.8 Å². The van der Waals surface area contributed by atoms with Gasteiger partial charge in [-0.25, -0.2) is 4.79 Å². The minimum absolute atomic E-state index is 0.106. The van der Waals surface area contributed by atoms with Gasteiger partial charge in [0.15, 0.2) is 0 Å². The van der Waals surface area contributed by atoms with Gasteiger partial charge in [0, 0.05) is 6.20 Å².